The van der Waals surface area contributed by atoms with Gasteiger partial charge < -0.3 is 19.7 Å². The summed E-state index contributed by atoms with van der Waals surface area (Å²) in [5, 5.41) is 3.48. The van der Waals surface area contributed by atoms with Gasteiger partial charge in [0.15, 0.2) is 11.5 Å². The van der Waals surface area contributed by atoms with Gasteiger partial charge in [-0.25, -0.2) is 0 Å². The van der Waals surface area contributed by atoms with E-state index < -0.39 is 0 Å². The predicted molar refractivity (Wildman–Crippen MR) is 103 cm³/mol. The Morgan fingerprint density at radius 1 is 1.12 bits per heavy atom. The number of para-hydroxylation sites is 1. The maximum Gasteiger partial charge on any atom is 0.257 e. The first-order chi connectivity index (χ1) is 12.7. The molecule has 1 unspecified atom stereocenters. The average molecular weight is 354 g/mol. The van der Waals surface area contributed by atoms with Crippen LogP contribution in [-0.2, 0) is 0 Å². The highest BCUT2D eigenvalue weighted by molar-refractivity contribution is 6.01. The molecule has 0 aliphatic carbocycles. The van der Waals surface area contributed by atoms with Crippen LogP contribution in [0.25, 0.3) is 0 Å². The summed E-state index contributed by atoms with van der Waals surface area (Å²) in [5.74, 6) is 1.45. The molecule has 5 heteroatoms. The molecule has 0 fully saturated rings. The van der Waals surface area contributed by atoms with Crippen molar-refractivity contribution in [1.82, 2.24) is 4.90 Å². The van der Waals surface area contributed by atoms with E-state index in [-0.39, 0.29) is 12.1 Å². The van der Waals surface area contributed by atoms with E-state index in [0.717, 1.165) is 29.8 Å². The van der Waals surface area contributed by atoms with Crippen molar-refractivity contribution in [2.45, 2.75) is 32.9 Å². The van der Waals surface area contributed by atoms with E-state index in [0.29, 0.717) is 24.5 Å². The Bertz CT molecular complexity index is 776. The molecule has 5 nitrogen and oxygen atoms in total. The highest BCUT2D eigenvalue weighted by Crippen LogP contribution is 2.36. The summed E-state index contributed by atoms with van der Waals surface area (Å²) < 4.78 is 11.3. The van der Waals surface area contributed by atoms with Crippen molar-refractivity contribution in [3.05, 3.63) is 53.6 Å². The second-order valence-corrected chi connectivity index (χ2v) is 6.30. The van der Waals surface area contributed by atoms with Gasteiger partial charge in [-0.2, -0.15) is 0 Å². The molecular formula is C21H26N2O3. The van der Waals surface area contributed by atoms with Gasteiger partial charge in [-0.05, 0) is 43.2 Å². The molecule has 1 N–H and O–H groups in total. The number of anilines is 1. The molecule has 0 bridgehead atoms. The highest BCUT2D eigenvalue weighted by Gasteiger charge is 2.32. The summed E-state index contributed by atoms with van der Waals surface area (Å²) in [6.45, 7) is 5.40. The monoisotopic (exact) mass is 354 g/mol. The zero-order valence-corrected chi connectivity index (χ0v) is 15.6. The van der Waals surface area contributed by atoms with Crippen LogP contribution in [-0.4, -0.2) is 31.1 Å². The zero-order valence-electron chi connectivity index (χ0n) is 15.6. The van der Waals surface area contributed by atoms with Gasteiger partial charge in [-0.3, -0.25) is 4.79 Å². The first-order valence-electron chi connectivity index (χ1n) is 9.16. The van der Waals surface area contributed by atoms with Crippen LogP contribution in [0.2, 0.25) is 0 Å². The third-order valence-electron chi connectivity index (χ3n) is 4.62. The van der Waals surface area contributed by atoms with Gasteiger partial charge in [0.25, 0.3) is 5.91 Å². The molecular weight excluding hydrogens is 328 g/mol. The SMILES string of the molecule is CCCCOc1ccc(C2Nc3ccccc3C(=O)N2CC)cc1OC. The molecule has 1 heterocycles. The molecule has 1 aliphatic heterocycles. The third-order valence-corrected chi connectivity index (χ3v) is 4.62. The molecule has 2 aromatic rings. The second-order valence-electron chi connectivity index (χ2n) is 6.30. The van der Waals surface area contributed by atoms with Gasteiger partial charge >= 0.3 is 0 Å². The number of nitrogens with one attached hydrogen (secondary N) is 1. The standard InChI is InChI=1S/C21H26N2O3/c1-4-6-13-26-18-12-11-15(14-19(18)25-3)20-22-17-10-8-7-9-16(17)21(24)23(20)5-2/h7-12,14,20,22H,4-6,13H2,1-3H3. The van der Waals surface area contributed by atoms with E-state index in [9.17, 15) is 4.79 Å². The van der Waals surface area contributed by atoms with E-state index in [1.807, 2.05) is 54.3 Å². The zero-order chi connectivity index (χ0) is 18.5. The second kappa shape index (κ2) is 8.13. The lowest BCUT2D eigenvalue weighted by atomic mass is 10.0. The number of fused-ring (bicyclic) bond motifs is 1. The van der Waals surface area contributed by atoms with Crippen LogP contribution in [0.1, 0.15) is 48.8 Å². The summed E-state index contributed by atoms with van der Waals surface area (Å²) in [7, 11) is 1.64. The largest absolute Gasteiger partial charge is 0.493 e. The number of benzene rings is 2. The molecule has 26 heavy (non-hydrogen) atoms. The highest BCUT2D eigenvalue weighted by atomic mass is 16.5. The average Bonchev–Trinajstić information content (AvgIpc) is 2.68. The lowest BCUT2D eigenvalue weighted by molar-refractivity contribution is 0.0694. The lowest BCUT2D eigenvalue weighted by Crippen LogP contribution is -2.42. The lowest BCUT2D eigenvalue weighted by Gasteiger charge is -2.37. The fourth-order valence-electron chi connectivity index (χ4n) is 3.18. The van der Waals surface area contributed by atoms with Crippen LogP contribution < -0.4 is 14.8 Å². The number of amides is 1. The van der Waals surface area contributed by atoms with Crippen molar-refractivity contribution in [2.24, 2.45) is 0 Å². The minimum Gasteiger partial charge on any atom is -0.493 e. The molecule has 3 rings (SSSR count). The quantitative estimate of drug-likeness (QED) is 0.746. The maximum absolute atomic E-state index is 12.9. The van der Waals surface area contributed by atoms with Crippen molar-refractivity contribution in [3.8, 4) is 11.5 Å². The summed E-state index contributed by atoms with van der Waals surface area (Å²) in [6, 6.07) is 13.5. The molecule has 0 saturated carbocycles. The fourth-order valence-corrected chi connectivity index (χ4v) is 3.18. The van der Waals surface area contributed by atoms with E-state index in [1.54, 1.807) is 7.11 Å². The maximum atomic E-state index is 12.9. The Balaban J connectivity index is 1.91. The van der Waals surface area contributed by atoms with E-state index in [4.69, 9.17) is 9.47 Å². The van der Waals surface area contributed by atoms with E-state index >= 15 is 0 Å². The Morgan fingerprint density at radius 3 is 2.65 bits per heavy atom. The van der Waals surface area contributed by atoms with E-state index in [1.165, 1.54) is 0 Å². The molecule has 0 aromatic heterocycles. The fraction of sp³-hybridized carbons (Fsp3) is 0.381. The van der Waals surface area contributed by atoms with Crippen molar-refractivity contribution in [2.75, 3.05) is 25.6 Å². The number of hydrogen-bond donors (Lipinski definition) is 1. The molecule has 138 valence electrons. The van der Waals surface area contributed by atoms with Crippen LogP contribution in [0.15, 0.2) is 42.5 Å². The van der Waals surface area contributed by atoms with Crippen LogP contribution in [0.4, 0.5) is 5.69 Å². The van der Waals surface area contributed by atoms with Crippen molar-refractivity contribution in [1.29, 1.82) is 0 Å². The van der Waals surface area contributed by atoms with Gasteiger partial charge in [0, 0.05) is 12.2 Å². The number of unbranched alkanes of at least 4 members (excludes halogenated alkanes) is 1. The first kappa shape index (κ1) is 18.1. The molecule has 1 aliphatic rings. The van der Waals surface area contributed by atoms with Crippen LogP contribution in [0.5, 0.6) is 11.5 Å². The molecule has 2 aromatic carbocycles. The normalized spacial score (nSPS) is 16.0. The third kappa shape index (κ3) is 3.47. The van der Waals surface area contributed by atoms with Crippen molar-refractivity contribution < 1.29 is 14.3 Å². The molecule has 0 saturated heterocycles. The molecule has 0 spiro atoms. The van der Waals surface area contributed by atoms with Gasteiger partial charge in [0.2, 0.25) is 0 Å². The number of methoxy groups -OCH3 is 1. The number of ether oxygens (including phenoxy) is 2. The van der Waals surface area contributed by atoms with Gasteiger partial charge in [-0.1, -0.05) is 31.5 Å². The Kier molecular flexibility index (Phi) is 5.66. The van der Waals surface area contributed by atoms with Crippen molar-refractivity contribution in [3.63, 3.8) is 0 Å². The predicted octanol–water partition coefficient (Wildman–Crippen LogP) is 4.46. The van der Waals surface area contributed by atoms with Crippen molar-refractivity contribution >= 4 is 11.6 Å². The summed E-state index contributed by atoms with van der Waals surface area (Å²) in [4.78, 5) is 14.7. The van der Waals surface area contributed by atoms with Crippen LogP contribution >= 0.6 is 0 Å². The number of carbonyl (C=O) groups excluding carboxylic acids is 1. The Hall–Kier alpha value is -2.69. The van der Waals surface area contributed by atoms with Crippen LogP contribution in [0.3, 0.4) is 0 Å². The summed E-state index contributed by atoms with van der Waals surface area (Å²) >= 11 is 0. The first-order valence-corrected chi connectivity index (χ1v) is 9.16. The topological polar surface area (TPSA) is 50.8 Å². The summed E-state index contributed by atoms with van der Waals surface area (Å²) in [5.41, 5.74) is 2.53. The van der Waals surface area contributed by atoms with Crippen LogP contribution in [0, 0.1) is 0 Å². The van der Waals surface area contributed by atoms with Gasteiger partial charge in [-0.15, -0.1) is 0 Å². The van der Waals surface area contributed by atoms with Gasteiger partial charge in [0.05, 0.1) is 19.3 Å². The number of carbonyl (C=O) groups is 1. The van der Waals surface area contributed by atoms with Gasteiger partial charge in [0.1, 0.15) is 6.17 Å². The minimum atomic E-state index is -0.235. The molecule has 0 radical (unpaired) electrons. The molecule has 1 atom stereocenters. The Labute approximate surface area is 154 Å². The minimum absolute atomic E-state index is 0.0362. The molecule has 1 amide bonds. The number of rotatable bonds is 7. The van der Waals surface area contributed by atoms with E-state index in [2.05, 4.69) is 12.2 Å². The summed E-state index contributed by atoms with van der Waals surface area (Å²) in [6.07, 6.45) is 1.85. The smallest absolute Gasteiger partial charge is 0.257 e. The Morgan fingerprint density at radius 2 is 1.92 bits per heavy atom. The number of hydrogen-bond acceptors (Lipinski definition) is 4. The number of nitrogens with zero attached hydrogens (tertiary/aromatic N) is 1.